The molecular formula is C20H21F2N3O2. The summed E-state index contributed by atoms with van der Waals surface area (Å²) in [5, 5.41) is 5.41. The molecule has 0 aliphatic carbocycles. The molecule has 1 unspecified atom stereocenters. The highest BCUT2D eigenvalue weighted by Gasteiger charge is 2.20. The molecule has 27 heavy (non-hydrogen) atoms. The number of amides is 3. The summed E-state index contributed by atoms with van der Waals surface area (Å²) in [6, 6.07) is 9.84. The first kappa shape index (κ1) is 18.8. The highest BCUT2D eigenvalue weighted by molar-refractivity contribution is 5.89. The quantitative estimate of drug-likeness (QED) is 0.833. The van der Waals surface area contributed by atoms with Crippen LogP contribution in [0.1, 0.15) is 36.9 Å². The van der Waals surface area contributed by atoms with Crippen LogP contribution in [0.5, 0.6) is 0 Å². The zero-order valence-electron chi connectivity index (χ0n) is 15.0. The van der Waals surface area contributed by atoms with Crippen LogP contribution in [0, 0.1) is 11.6 Å². The third-order valence-corrected chi connectivity index (χ3v) is 4.52. The van der Waals surface area contributed by atoms with Gasteiger partial charge in [-0.05, 0) is 48.7 Å². The molecular weight excluding hydrogens is 352 g/mol. The van der Waals surface area contributed by atoms with Crippen molar-refractivity contribution in [3.63, 3.8) is 0 Å². The average Bonchev–Trinajstić information content (AvgIpc) is 3.02. The zero-order chi connectivity index (χ0) is 19.4. The maximum Gasteiger partial charge on any atom is 0.319 e. The molecule has 0 bridgehead atoms. The molecule has 3 rings (SSSR count). The van der Waals surface area contributed by atoms with Crippen molar-refractivity contribution in [3.8, 4) is 0 Å². The Hall–Kier alpha value is -2.96. The zero-order valence-corrected chi connectivity index (χ0v) is 15.0. The van der Waals surface area contributed by atoms with Crippen molar-refractivity contribution in [3.05, 3.63) is 65.2 Å². The van der Waals surface area contributed by atoms with Crippen LogP contribution < -0.4 is 10.6 Å². The number of hydrogen-bond donors (Lipinski definition) is 2. The van der Waals surface area contributed by atoms with Crippen LogP contribution in [0.15, 0.2) is 42.5 Å². The number of carbonyl (C=O) groups is 2. The summed E-state index contributed by atoms with van der Waals surface area (Å²) in [7, 11) is 0. The largest absolute Gasteiger partial charge is 0.338 e. The minimum Gasteiger partial charge on any atom is -0.338 e. The predicted molar refractivity (Wildman–Crippen MR) is 98.0 cm³/mol. The monoisotopic (exact) mass is 373 g/mol. The number of halogens is 2. The van der Waals surface area contributed by atoms with Crippen LogP contribution in [0.25, 0.3) is 0 Å². The Labute approximate surface area is 156 Å². The van der Waals surface area contributed by atoms with Crippen molar-refractivity contribution in [1.82, 2.24) is 10.2 Å². The molecule has 2 aromatic carbocycles. The van der Waals surface area contributed by atoms with Gasteiger partial charge in [-0.25, -0.2) is 13.6 Å². The number of anilines is 1. The molecule has 5 nitrogen and oxygen atoms in total. The smallest absolute Gasteiger partial charge is 0.319 e. The summed E-state index contributed by atoms with van der Waals surface area (Å²) in [5.74, 6) is -1.74. The van der Waals surface area contributed by atoms with Gasteiger partial charge in [-0.1, -0.05) is 18.2 Å². The first-order valence-corrected chi connectivity index (χ1v) is 8.81. The molecule has 0 radical (unpaired) electrons. The molecule has 1 saturated heterocycles. The topological polar surface area (TPSA) is 61.4 Å². The lowest BCUT2D eigenvalue weighted by molar-refractivity contribution is -0.128. The summed E-state index contributed by atoms with van der Waals surface area (Å²) < 4.78 is 26.4. The first-order chi connectivity index (χ1) is 12.9. The molecule has 0 spiro atoms. The molecule has 1 fully saturated rings. The second-order valence-electron chi connectivity index (χ2n) is 6.61. The summed E-state index contributed by atoms with van der Waals surface area (Å²) in [4.78, 5) is 25.7. The Bertz CT molecular complexity index is 857. The third-order valence-electron chi connectivity index (χ3n) is 4.52. The Morgan fingerprint density at radius 3 is 2.70 bits per heavy atom. The van der Waals surface area contributed by atoms with Gasteiger partial charge in [0.05, 0.1) is 6.04 Å². The predicted octanol–water partition coefficient (Wildman–Crippen LogP) is 3.97. The van der Waals surface area contributed by atoms with Gasteiger partial charge in [0.15, 0.2) is 11.6 Å². The third kappa shape index (κ3) is 4.81. The SMILES string of the molecule is CC(NC(=O)Nc1cccc(CN2CCCC2=O)c1)c1ccc(F)c(F)c1. The number of nitrogens with one attached hydrogen (secondary N) is 2. The van der Waals surface area contributed by atoms with E-state index in [2.05, 4.69) is 10.6 Å². The second-order valence-corrected chi connectivity index (χ2v) is 6.61. The minimum absolute atomic E-state index is 0.145. The van der Waals surface area contributed by atoms with Gasteiger partial charge in [0.2, 0.25) is 5.91 Å². The Morgan fingerprint density at radius 2 is 2.00 bits per heavy atom. The highest BCUT2D eigenvalue weighted by Crippen LogP contribution is 2.18. The van der Waals surface area contributed by atoms with Crippen LogP contribution in [-0.2, 0) is 11.3 Å². The van der Waals surface area contributed by atoms with E-state index < -0.39 is 23.7 Å². The number of hydrogen-bond acceptors (Lipinski definition) is 2. The Morgan fingerprint density at radius 1 is 1.19 bits per heavy atom. The standard InChI is InChI=1S/C20H21F2N3O2/c1-13(15-7-8-17(21)18(22)11-15)23-20(27)24-16-5-2-4-14(10-16)12-25-9-3-6-19(25)26/h2,4-5,7-8,10-11,13H,3,6,9,12H2,1H3,(H2,23,24,27). The molecule has 1 heterocycles. The van der Waals surface area contributed by atoms with Gasteiger partial charge < -0.3 is 15.5 Å². The maximum atomic E-state index is 13.3. The molecule has 0 aromatic heterocycles. The van der Waals surface area contributed by atoms with Gasteiger partial charge in [-0.3, -0.25) is 4.79 Å². The molecule has 7 heteroatoms. The number of rotatable bonds is 5. The minimum atomic E-state index is -0.953. The Balaban J connectivity index is 1.59. The summed E-state index contributed by atoms with van der Waals surface area (Å²) in [6.07, 6.45) is 1.46. The number of carbonyl (C=O) groups excluding carboxylic acids is 2. The second kappa shape index (κ2) is 8.16. The lowest BCUT2D eigenvalue weighted by atomic mass is 10.1. The number of benzene rings is 2. The summed E-state index contributed by atoms with van der Waals surface area (Å²) >= 11 is 0. The van der Waals surface area contributed by atoms with Crippen LogP contribution in [0.4, 0.5) is 19.3 Å². The van der Waals surface area contributed by atoms with Gasteiger partial charge in [0, 0.05) is 25.2 Å². The molecule has 1 aliphatic heterocycles. The fraction of sp³-hybridized carbons (Fsp3) is 0.300. The van der Waals surface area contributed by atoms with Crippen LogP contribution >= 0.6 is 0 Å². The van der Waals surface area contributed by atoms with E-state index >= 15 is 0 Å². The van der Waals surface area contributed by atoms with E-state index in [0.29, 0.717) is 24.2 Å². The van der Waals surface area contributed by atoms with E-state index in [0.717, 1.165) is 30.7 Å². The van der Waals surface area contributed by atoms with Crippen molar-refractivity contribution < 1.29 is 18.4 Å². The van der Waals surface area contributed by atoms with E-state index in [-0.39, 0.29) is 5.91 Å². The van der Waals surface area contributed by atoms with Gasteiger partial charge in [-0.2, -0.15) is 0 Å². The molecule has 0 saturated carbocycles. The van der Waals surface area contributed by atoms with Gasteiger partial charge in [0.25, 0.3) is 0 Å². The van der Waals surface area contributed by atoms with Gasteiger partial charge in [-0.15, -0.1) is 0 Å². The van der Waals surface area contributed by atoms with E-state index in [1.165, 1.54) is 6.07 Å². The summed E-state index contributed by atoms with van der Waals surface area (Å²) in [5.41, 5.74) is 1.98. The van der Waals surface area contributed by atoms with Gasteiger partial charge in [0.1, 0.15) is 0 Å². The number of nitrogens with zero attached hydrogens (tertiary/aromatic N) is 1. The normalized spacial score (nSPS) is 14.9. The van der Waals surface area contributed by atoms with Crippen molar-refractivity contribution in [2.24, 2.45) is 0 Å². The lowest BCUT2D eigenvalue weighted by Gasteiger charge is -2.17. The fourth-order valence-electron chi connectivity index (χ4n) is 3.07. The average molecular weight is 373 g/mol. The fourth-order valence-corrected chi connectivity index (χ4v) is 3.07. The van der Waals surface area contributed by atoms with Crippen LogP contribution in [0.3, 0.4) is 0 Å². The summed E-state index contributed by atoms with van der Waals surface area (Å²) in [6.45, 7) is 2.95. The Kier molecular flexibility index (Phi) is 5.69. The number of urea groups is 1. The van der Waals surface area contributed by atoms with E-state index in [1.54, 1.807) is 17.9 Å². The van der Waals surface area contributed by atoms with Crippen molar-refractivity contribution in [2.45, 2.75) is 32.4 Å². The van der Waals surface area contributed by atoms with Crippen molar-refractivity contribution in [1.29, 1.82) is 0 Å². The maximum absolute atomic E-state index is 13.3. The molecule has 3 amide bonds. The van der Waals surface area contributed by atoms with Crippen LogP contribution in [0.2, 0.25) is 0 Å². The molecule has 2 N–H and O–H groups in total. The van der Waals surface area contributed by atoms with Crippen LogP contribution in [-0.4, -0.2) is 23.4 Å². The lowest BCUT2D eigenvalue weighted by Crippen LogP contribution is -2.31. The van der Waals surface area contributed by atoms with E-state index in [4.69, 9.17) is 0 Å². The molecule has 1 aliphatic rings. The van der Waals surface area contributed by atoms with Crippen molar-refractivity contribution in [2.75, 3.05) is 11.9 Å². The highest BCUT2D eigenvalue weighted by atomic mass is 19.2. The van der Waals surface area contributed by atoms with E-state index in [9.17, 15) is 18.4 Å². The molecule has 1 atom stereocenters. The molecule has 2 aromatic rings. The number of likely N-dealkylation sites (tertiary alicyclic amines) is 1. The van der Waals surface area contributed by atoms with Gasteiger partial charge >= 0.3 is 6.03 Å². The first-order valence-electron chi connectivity index (χ1n) is 8.81. The van der Waals surface area contributed by atoms with E-state index in [1.807, 2.05) is 18.2 Å². The van der Waals surface area contributed by atoms with Crippen molar-refractivity contribution >= 4 is 17.6 Å². The molecule has 142 valence electrons.